The van der Waals surface area contributed by atoms with Gasteiger partial charge in [-0.25, -0.2) is 4.98 Å². The van der Waals surface area contributed by atoms with E-state index in [1.54, 1.807) is 0 Å². The van der Waals surface area contributed by atoms with E-state index in [-0.39, 0.29) is 5.91 Å². The van der Waals surface area contributed by atoms with E-state index in [2.05, 4.69) is 10.3 Å². The molecule has 2 heterocycles. The van der Waals surface area contributed by atoms with Gasteiger partial charge in [-0.05, 0) is 26.7 Å². The van der Waals surface area contributed by atoms with Crippen molar-refractivity contribution in [1.29, 1.82) is 0 Å². The summed E-state index contributed by atoms with van der Waals surface area (Å²) in [4.78, 5) is 16.4. The van der Waals surface area contributed by atoms with Crippen LogP contribution in [0.25, 0.3) is 0 Å². The maximum atomic E-state index is 12.1. The largest absolute Gasteiger partial charge is 0.381 e. The smallest absolute Gasteiger partial charge is 0.245 e. The van der Waals surface area contributed by atoms with Gasteiger partial charge < -0.3 is 15.8 Å². The molecule has 0 saturated carbocycles. The fraction of sp³-hybridized carbons (Fsp3) is 0.636. The first-order chi connectivity index (χ1) is 8.01. The van der Waals surface area contributed by atoms with Crippen molar-refractivity contribution in [2.24, 2.45) is 5.73 Å². The van der Waals surface area contributed by atoms with Crippen LogP contribution < -0.4 is 11.1 Å². The third-order valence-electron chi connectivity index (χ3n) is 2.97. The number of nitrogens with zero attached hydrogens (tertiary/aromatic N) is 1. The van der Waals surface area contributed by atoms with Crippen LogP contribution in [0.15, 0.2) is 0 Å². The van der Waals surface area contributed by atoms with Crippen LogP contribution in [-0.2, 0) is 9.53 Å². The molecule has 0 aliphatic carbocycles. The molecule has 3 N–H and O–H groups in total. The highest BCUT2D eigenvalue weighted by Gasteiger charge is 2.36. The minimum atomic E-state index is -0.803. The summed E-state index contributed by atoms with van der Waals surface area (Å²) in [6.45, 7) is 4.89. The van der Waals surface area contributed by atoms with Crippen molar-refractivity contribution in [3.05, 3.63) is 10.7 Å². The number of aryl methyl sites for hydroxylation is 2. The van der Waals surface area contributed by atoms with Crippen molar-refractivity contribution < 1.29 is 9.53 Å². The molecule has 1 aliphatic rings. The lowest BCUT2D eigenvalue weighted by molar-refractivity contribution is -0.124. The predicted molar refractivity (Wildman–Crippen MR) is 67.2 cm³/mol. The van der Waals surface area contributed by atoms with E-state index in [9.17, 15) is 4.79 Å². The number of nitrogens with two attached hydrogens (primary N) is 1. The Morgan fingerprint density at radius 1 is 1.47 bits per heavy atom. The first kappa shape index (κ1) is 12.5. The normalized spacial score (nSPS) is 19.0. The van der Waals surface area contributed by atoms with Gasteiger partial charge in [0, 0.05) is 13.2 Å². The van der Waals surface area contributed by atoms with Crippen molar-refractivity contribution in [3.8, 4) is 0 Å². The van der Waals surface area contributed by atoms with Crippen LogP contribution in [0.1, 0.15) is 23.5 Å². The molecule has 0 aromatic carbocycles. The van der Waals surface area contributed by atoms with Crippen LogP contribution in [0.2, 0.25) is 0 Å². The summed E-state index contributed by atoms with van der Waals surface area (Å²) in [5, 5.41) is 4.61. The molecule has 5 nitrogen and oxygen atoms in total. The maximum absolute atomic E-state index is 12.1. The van der Waals surface area contributed by atoms with Crippen LogP contribution >= 0.6 is 11.3 Å². The highest BCUT2D eigenvalue weighted by molar-refractivity contribution is 7.16. The van der Waals surface area contributed by atoms with Gasteiger partial charge in [-0.15, -0.1) is 11.3 Å². The Kier molecular flexibility index (Phi) is 3.46. The summed E-state index contributed by atoms with van der Waals surface area (Å²) in [6.07, 6.45) is 1.13. The zero-order valence-electron chi connectivity index (χ0n) is 10.1. The third kappa shape index (κ3) is 2.65. The second-order valence-electron chi connectivity index (χ2n) is 4.37. The number of nitrogens with one attached hydrogen (secondary N) is 1. The minimum absolute atomic E-state index is 0.132. The Hall–Kier alpha value is -0.980. The lowest BCUT2D eigenvalue weighted by Crippen LogP contribution is -2.54. The van der Waals surface area contributed by atoms with Crippen LogP contribution in [0, 0.1) is 13.8 Å². The molecule has 94 valence electrons. The second-order valence-corrected chi connectivity index (χ2v) is 5.57. The number of rotatable bonds is 2. The number of hydrogen-bond acceptors (Lipinski definition) is 5. The minimum Gasteiger partial charge on any atom is -0.381 e. The highest BCUT2D eigenvalue weighted by atomic mass is 32.1. The average Bonchev–Trinajstić information content (AvgIpc) is 2.58. The Labute approximate surface area is 104 Å². The predicted octanol–water partition coefficient (Wildman–Crippen LogP) is 1.21. The molecule has 0 radical (unpaired) electrons. The molecule has 1 saturated heterocycles. The average molecular weight is 255 g/mol. The lowest BCUT2D eigenvalue weighted by Gasteiger charge is -2.31. The van der Waals surface area contributed by atoms with Crippen LogP contribution in [-0.4, -0.2) is 29.6 Å². The fourth-order valence-corrected chi connectivity index (χ4v) is 2.65. The number of carbonyl (C=O) groups excluding carboxylic acids is 1. The number of anilines is 1. The Morgan fingerprint density at radius 3 is 2.65 bits per heavy atom. The Balaban J connectivity index is 2.08. The Morgan fingerprint density at radius 2 is 2.12 bits per heavy atom. The van der Waals surface area contributed by atoms with E-state index in [1.807, 2.05) is 13.8 Å². The van der Waals surface area contributed by atoms with Crippen molar-refractivity contribution in [2.75, 3.05) is 18.5 Å². The first-order valence-corrected chi connectivity index (χ1v) is 6.45. The molecule has 1 amide bonds. The van der Waals surface area contributed by atoms with E-state index in [0.717, 1.165) is 15.7 Å². The number of hydrogen-bond donors (Lipinski definition) is 2. The number of aromatic nitrogens is 1. The standard InChI is InChI=1S/C11H17N3O2S/c1-7-9(17-8(2)13-7)14-10(15)11(12)3-5-16-6-4-11/h3-6,12H2,1-2H3,(H,14,15). The van der Waals surface area contributed by atoms with E-state index < -0.39 is 5.54 Å². The molecular weight excluding hydrogens is 238 g/mol. The lowest BCUT2D eigenvalue weighted by atomic mass is 9.90. The van der Waals surface area contributed by atoms with Gasteiger partial charge >= 0.3 is 0 Å². The molecule has 1 aromatic rings. The molecular formula is C11H17N3O2S. The summed E-state index contributed by atoms with van der Waals surface area (Å²) in [5.74, 6) is -0.132. The van der Waals surface area contributed by atoms with Crippen molar-refractivity contribution in [2.45, 2.75) is 32.2 Å². The summed E-state index contributed by atoms with van der Waals surface area (Å²) >= 11 is 1.48. The molecule has 1 aromatic heterocycles. The third-order valence-corrected chi connectivity index (χ3v) is 3.96. The summed E-state index contributed by atoms with van der Waals surface area (Å²) < 4.78 is 5.22. The van der Waals surface area contributed by atoms with Crippen molar-refractivity contribution in [1.82, 2.24) is 4.98 Å². The molecule has 1 aliphatic heterocycles. The molecule has 6 heteroatoms. The number of ether oxygens (including phenoxy) is 1. The van der Waals surface area contributed by atoms with E-state index in [1.165, 1.54) is 11.3 Å². The zero-order valence-corrected chi connectivity index (χ0v) is 10.9. The molecule has 0 bridgehead atoms. The summed E-state index contributed by atoms with van der Waals surface area (Å²) in [6, 6.07) is 0. The monoisotopic (exact) mass is 255 g/mol. The summed E-state index contributed by atoms with van der Waals surface area (Å²) in [7, 11) is 0. The van der Waals surface area contributed by atoms with Gasteiger partial charge in [-0.3, -0.25) is 4.79 Å². The van der Waals surface area contributed by atoms with Crippen LogP contribution in [0.4, 0.5) is 5.00 Å². The molecule has 1 fully saturated rings. The van der Waals surface area contributed by atoms with Gasteiger partial charge in [0.05, 0.1) is 10.7 Å². The molecule has 2 rings (SSSR count). The maximum Gasteiger partial charge on any atom is 0.245 e. The Bertz CT molecular complexity index is 424. The zero-order chi connectivity index (χ0) is 12.5. The fourth-order valence-electron chi connectivity index (χ4n) is 1.84. The number of thiazole rings is 1. The van der Waals surface area contributed by atoms with E-state index >= 15 is 0 Å². The molecule has 17 heavy (non-hydrogen) atoms. The SMILES string of the molecule is Cc1nc(C)c(NC(=O)C2(N)CCOCC2)s1. The highest BCUT2D eigenvalue weighted by Crippen LogP contribution is 2.26. The number of carbonyl (C=O) groups is 1. The second kappa shape index (κ2) is 4.72. The van der Waals surface area contributed by atoms with Gasteiger partial charge in [-0.2, -0.15) is 0 Å². The van der Waals surface area contributed by atoms with Crippen LogP contribution in [0.3, 0.4) is 0 Å². The summed E-state index contributed by atoms with van der Waals surface area (Å²) in [5.41, 5.74) is 6.14. The molecule has 0 spiro atoms. The first-order valence-electron chi connectivity index (χ1n) is 5.63. The number of amides is 1. The van der Waals surface area contributed by atoms with Gasteiger partial charge in [0.1, 0.15) is 10.5 Å². The van der Waals surface area contributed by atoms with Crippen molar-refractivity contribution in [3.63, 3.8) is 0 Å². The molecule has 0 atom stereocenters. The van der Waals surface area contributed by atoms with Crippen molar-refractivity contribution >= 4 is 22.2 Å². The molecule has 0 unspecified atom stereocenters. The van der Waals surface area contributed by atoms with E-state index in [4.69, 9.17) is 10.5 Å². The topological polar surface area (TPSA) is 77.2 Å². The quantitative estimate of drug-likeness (QED) is 0.832. The van der Waals surface area contributed by atoms with Gasteiger partial charge in [0.25, 0.3) is 0 Å². The van der Waals surface area contributed by atoms with Crippen LogP contribution in [0.5, 0.6) is 0 Å². The van der Waals surface area contributed by atoms with E-state index in [0.29, 0.717) is 26.1 Å². The van der Waals surface area contributed by atoms with Gasteiger partial charge in [0.2, 0.25) is 5.91 Å². The van der Waals surface area contributed by atoms with Gasteiger partial charge in [0.15, 0.2) is 0 Å². The van der Waals surface area contributed by atoms with Gasteiger partial charge in [-0.1, -0.05) is 0 Å².